The molecule has 0 aromatic carbocycles. The Labute approximate surface area is 167 Å². The maximum Gasteiger partial charge on any atom is 0.250 e. The summed E-state index contributed by atoms with van der Waals surface area (Å²) >= 11 is 6.33. The highest BCUT2D eigenvalue weighted by Gasteiger charge is 2.43. The minimum atomic E-state index is -0.655. The molecule has 0 bridgehead atoms. The number of aromatic nitrogens is 5. The van der Waals surface area contributed by atoms with Gasteiger partial charge in [-0.25, -0.2) is 9.50 Å². The fourth-order valence-electron chi connectivity index (χ4n) is 3.88. The number of carbonyl (C=O) groups excluding carboxylic acids is 1. The lowest BCUT2D eigenvalue weighted by atomic mass is 10.0. The average Bonchev–Trinajstić information content (AvgIpc) is 3.32. The Kier molecular flexibility index (Phi) is 3.71. The number of hydrogen-bond donors (Lipinski definition) is 1. The number of carbonyl (C=O) groups is 1. The molecule has 1 unspecified atom stereocenters. The molecule has 4 heterocycles. The van der Waals surface area contributed by atoms with Crippen molar-refractivity contribution < 1.29 is 4.79 Å². The van der Waals surface area contributed by atoms with Gasteiger partial charge in [0.1, 0.15) is 11.1 Å². The number of nitrogens with one attached hydrogen (secondary N) is 1. The number of fused-ring (bicyclic) bond motifs is 1. The van der Waals surface area contributed by atoms with Gasteiger partial charge in [0.25, 0.3) is 0 Å². The fourth-order valence-corrected chi connectivity index (χ4v) is 4.12. The van der Waals surface area contributed by atoms with Gasteiger partial charge in [0, 0.05) is 25.2 Å². The first-order valence-corrected chi connectivity index (χ1v) is 9.88. The van der Waals surface area contributed by atoms with Gasteiger partial charge in [-0.2, -0.15) is 5.10 Å². The van der Waals surface area contributed by atoms with E-state index in [1.54, 1.807) is 15.8 Å². The van der Waals surface area contributed by atoms with Gasteiger partial charge in [-0.05, 0) is 39.2 Å². The molecule has 146 valence electrons. The lowest BCUT2D eigenvalue weighted by Gasteiger charge is -2.22. The summed E-state index contributed by atoms with van der Waals surface area (Å²) in [5.74, 6) is 1.08. The summed E-state index contributed by atoms with van der Waals surface area (Å²) in [6.45, 7) is 4.57. The van der Waals surface area contributed by atoms with Gasteiger partial charge in [0.05, 0.1) is 28.8 Å². The predicted molar refractivity (Wildman–Crippen MR) is 106 cm³/mol. The summed E-state index contributed by atoms with van der Waals surface area (Å²) in [5.41, 5.74) is 2.87. The molecule has 1 amide bonds. The number of hydrogen-bond acceptors (Lipinski definition) is 5. The first kappa shape index (κ1) is 17.5. The van der Waals surface area contributed by atoms with Crippen molar-refractivity contribution in [2.24, 2.45) is 0 Å². The highest BCUT2D eigenvalue weighted by molar-refractivity contribution is 6.34. The van der Waals surface area contributed by atoms with Crippen LogP contribution in [0.1, 0.15) is 43.5 Å². The number of nitrogens with zero attached hydrogens (tertiary/aromatic N) is 6. The Morgan fingerprint density at radius 1 is 1.32 bits per heavy atom. The molecule has 1 saturated carbocycles. The Morgan fingerprint density at radius 2 is 2.11 bits per heavy atom. The Morgan fingerprint density at radius 3 is 2.79 bits per heavy atom. The molecule has 1 N–H and O–H groups in total. The molecular formula is C19H22ClN7O. The van der Waals surface area contributed by atoms with Crippen molar-refractivity contribution in [2.75, 3.05) is 18.9 Å². The van der Waals surface area contributed by atoms with Crippen molar-refractivity contribution in [1.82, 2.24) is 29.3 Å². The molecule has 5 rings (SSSR count). The second kappa shape index (κ2) is 5.94. The highest BCUT2D eigenvalue weighted by Crippen LogP contribution is 2.42. The normalized spacial score (nSPS) is 22.4. The summed E-state index contributed by atoms with van der Waals surface area (Å²) in [6, 6.07) is 1.99. The SMILES string of the molecule is Cc1nn(C2(C)CCN(C)C2=O)cc1Nc1ncc2c(Cl)cc(C3CC3)n2n1. The number of amides is 1. The monoisotopic (exact) mass is 399 g/mol. The van der Waals surface area contributed by atoms with Crippen LogP contribution in [0.5, 0.6) is 0 Å². The van der Waals surface area contributed by atoms with Crippen LogP contribution in [0, 0.1) is 6.92 Å². The first-order valence-electron chi connectivity index (χ1n) is 9.50. The smallest absolute Gasteiger partial charge is 0.250 e. The van der Waals surface area contributed by atoms with Crippen molar-refractivity contribution in [2.45, 2.75) is 44.6 Å². The molecule has 3 aromatic rings. The van der Waals surface area contributed by atoms with Crippen LogP contribution < -0.4 is 5.32 Å². The summed E-state index contributed by atoms with van der Waals surface area (Å²) in [6.07, 6.45) is 6.67. The second-order valence-electron chi connectivity index (χ2n) is 8.02. The standard InChI is InChI=1S/C19H22ClN7O/c1-11-14(10-26(23-11)19(2)6-7-25(3)17(19)28)22-18-21-9-16-13(20)8-15(12-4-5-12)27(16)24-18/h8-10,12H,4-7H2,1-3H3,(H,22,24). The van der Waals surface area contributed by atoms with E-state index in [0.717, 1.165) is 35.6 Å². The zero-order valence-corrected chi connectivity index (χ0v) is 16.9. The van der Waals surface area contributed by atoms with Crippen LogP contribution >= 0.6 is 11.6 Å². The molecule has 3 aromatic heterocycles. The predicted octanol–water partition coefficient (Wildman–Crippen LogP) is 3.09. The van der Waals surface area contributed by atoms with E-state index in [4.69, 9.17) is 11.6 Å². The second-order valence-corrected chi connectivity index (χ2v) is 8.43. The maximum atomic E-state index is 12.6. The minimum absolute atomic E-state index is 0.0790. The van der Waals surface area contributed by atoms with Gasteiger partial charge in [0.15, 0.2) is 0 Å². The Bertz CT molecular complexity index is 1100. The van der Waals surface area contributed by atoms with Crippen LogP contribution in [-0.4, -0.2) is 48.8 Å². The summed E-state index contributed by atoms with van der Waals surface area (Å²) in [4.78, 5) is 18.7. The van der Waals surface area contributed by atoms with Crippen LogP contribution in [0.25, 0.3) is 5.52 Å². The molecule has 2 aliphatic rings. The van der Waals surface area contributed by atoms with Crippen LogP contribution in [0.3, 0.4) is 0 Å². The molecule has 0 radical (unpaired) electrons. The third-order valence-corrected chi connectivity index (χ3v) is 6.19. The highest BCUT2D eigenvalue weighted by atomic mass is 35.5. The number of likely N-dealkylation sites (N-methyl/N-ethyl adjacent to an activating group) is 1. The molecule has 1 atom stereocenters. The maximum absolute atomic E-state index is 12.6. The number of likely N-dealkylation sites (tertiary alicyclic amines) is 1. The fraction of sp³-hybridized carbons (Fsp3) is 0.474. The summed E-state index contributed by atoms with van der Waals surface area (Å²) in [5, 5.41) is 13.2. The first-order chi connectivity index (χ1) is 13.4. The molecule has 1 aliphatic heterocycles. The van der Waals surface area contributed by atoms with Gasteiger partial charge in [-0.3, -0.25) is 9.48 Å². The summed E-state index contributed by atoms with van der Waals surface area (Å²) in [7, 11) is 1.83. The lowest BCUT2D eigenvalue weighted by molar-refractivity contribution is -0.133. The van der Waals surface area contributed by atoms with Gasteiger partial charge < -0.3 is 10.2 Å². The molecule has 9 heteroatoms. The van der Waals surface area contributed by atoms with E-state index in [-0.39, 0.29) is 5.91 Å². The largest absolute Gasteiger partial charge is 0.344 e. The molecular weight excluding hydrogens is 378 g/mol. The van der Waals surface area contributed by atoms with Crippen molar-refractivity contribution in [3.05, 3.63) is 34.9 Å². The van der Waals surface area contributed by atoms with Crippen LogP contribution in [0.2, 0.25) is 5.02 Å². The molecule has 2 fully saturated rings. The molecule has 0 spiro atoms. The molecule has 1 saturated heterocycles. The van der Waals surface area contributed by atoms with E-state index >= 15 is 0 Å². The van der Waals surface area contributed by atoms with Crippen LogP contribution in [0.15, 0.2) is 18.5 Å². The molecule has 8 nitrogen and oxygen atoms in total. The van der Waals surface area contributed by atoms with Crippen LogP contribution in [-0.2, 0) is 10.3 Å². The van der Waals surface area contributed by atoms with E-state index < -0.39 is 5.54 Å². The third-order valence-electron chi connectivity index (χ3n) is 5.88. The Hall–Kier alpha value is -2.61. The van der Waals surface area contributed by atoms with Crippen molar-refractivity contribution >= 4 is 34.7 Å². The van der Waals surface area contributed by atoms with Crippen molar-refractivity contribution in [3.8, 4) is 0 Å². The van der Waals surface area contributed by atoms with E-state index in [1.165, 1.54) is 12.8 Å². The van der Waals surface area contributed by atoms with E-state index in [9.17, 15) is 4.79 Å². The number of anilines is 2. The van der Waals surface area contributed by atoms with Crippen LogP contribution in [0.4, 0.5) is 11.6 Å². The third kappa shape index (κ3) is 2.58. The van der Waals surface area contributed by atoms with Gasteiger partial charge >= 0.3 is 0 Å². The molecule has 1 aliphatic carbocycles. The zero-order chi connectivity index (χ0) is 19.6. The van der Waals surface area contributed by atoms with E-state index in [1.807, 2.05) is 37.7 Å². The van der Waals surface area contributed by atoms with Gasteiger partial charge in [0.2, 0.25) is 11.9 Å². The Balaban J connectivity index is 1.48. The minimum Gasteiger partial charge on any atom is -0.344 e. The van der Waals surface area contributed by atoms with E-state index in [2.05, 4.69) is 20.5 Å². The van der Waals surface area contributed by atoms with Gasteiger partial charge in [-0.15, -0.1) is 5.10 Å². The summed E-state index contributed by atoms with van der Waals surface area (Å²) < 4.78 is 3.64. The van der Waals surface area contributed by atoms with Crippen molar-refractivity contribution in [1.29, 1.82) is 0 Å². The topological polar surface area (TPSA) is 80.4 Å². The quantitative estimate of drug-likeness (QED) is 0.729. The van der Waals surface area contributed by atoms with Crippen molar-refractivity contribution in [3.63, 3.8) is 0 Å². The van der Waals surface area contributed by atoms with E-state index in [0.29, 0.717) is 16.9 Å². The average molecular weight is 400 g/mol. The number of rotatable bonds is 4. The number of halogens is 1. The lowest BCUT2D eigenvalue weighted by Crippen LogP contribution is -2.39. The van der Waals surface area contributed by atoms with Gasteiger partial charge in [-0.1, -0.05) is 11.6 Å². The zero-order valence-electron chi connectivity index (χ0n) is 16.1. The molecule has 28 heavy (non-hydrogen) atoms. The number of aryl methyl sites for hydroxylation is 1.